The van der Waals surface area contributed by atoms with E-state index in [1.54, 1.807) is 19.1 Å². The monoisotopic (exact) mass is 274 g/mol. The Morgan fingerprint density at radius 2 is 1.85 bits per heavy atom. The van der Waals surface area contributed by atoms with E-state index in [4.69, 9.17) is 4.74 Å². The highest BCUT2D eigenvalue weighted by Crippen LogP contribution is 2.26. The fourth-order valence-electron chi connectivity index (χ4n) is 1.84. The fraction of sp³-hybridized carbons (Fsp3) is 0.188. The van der Waals surface area contributed by atoms with E-state index in [2.05, 4.69) is 4.74 Å². The van der Waals surface area contributed by atoms with Gasteiger partial charge in [-0.1, -0.05) is 30.3 Å². The first-order valence-electron chi connectivity index (χ1n) is 6.21. The van der Waals surface area contributed by atoms with Gasteiger partial charge in [-0.25, -0.2) is 9.18 Å². The van der Waals surface area contributed by atoms with Crippen molar-refractivity contribution in [2.45, 2.75) is 13.0 Å². The zero-order valence-corrected chi connectivity index (χ0v) is 11.3. The highest BCUT2D eigenvalue weighted by atomic mass is 19.1. The van der Waals surface area contributed by atoms with Gasteiger partial charge in [0.15, 0.2) is 6.10 Å². The lowest BCUT2D eigenvalue weighted by Crippen LogP contribution is -2.24. The Morgan fingerprint density at radius 1 is 1.15 bits per heavy atom. The summed E-state index contributed by atoms with van der Waals surface area (Å²) in [5, 5.41) is 0. The highest BCUT2D eigenvalue weighted by molar-refractivity contribution is 5.74. The minimum absolute atomic E-state index is 0.292. The molecular formula is C16H15FO3. The molecule has 0 radical (unpaired) electrons. The lowest BCUT2D eigenvalue weighted by atomic mass is 10.1. The Labute approximate surface area is 117 Å². The quantitative estimate of drug-likeness (QED) is 0.801. The molecule has 0 heterocycles. The standard InChI is InChI=1S/C16H15FO3/c1-11(16(18)19-2)20-13-8-9-14(15(17)10-13)12-6-4-3-5-7-12/h3-11H,1-2H3. The lowest BCUT2D eigenvalue weighted by molar-refractivity contribution is -0.147. The van der Waals surface area contributed by atoms with Crippen LogP contribution in [0.5, 0.6) is 5.75 Å². The van der Waals surface area contributed by atoms with Crippen molar-refractivity contribution in [3.05, 3.63) is 54.3 Å². The second-order valence-electron chi connectivity index (χ2n) is 4.29. The third kappa shape index (κ3) is 3.15. The van der Waals surface area contributed by atoms with Gasteiger partial charge >= 0.3 is 5.97 Å². The molecule has 2 aromatic rings. The Hall–Kier alpha value is -2.36. The maximum atomic E-state index is 14.1. The Morgan fingerprint density at radius 3 is 2.45 bits per heavy atom. The summed E-state index contributed by atoms with van der Waals surface area (Å²) >= 11 is 0. The van der Waals surface area contributed by atoms with Crippen molar-refractivity contribution >= 4 is 5.97 Å². The van der Waals surface area contributed by atoms with Crippen molar-refractivity contribution < 1.29 is 18.7 Å². The molecule has 3 nitrogen and oxygen atoms in total. The first-order valence-corrected chi connectivity index (χ1v) is 6.21. The molecule has 0 saturated carbocycles. The van der Waals surface area contributed by atoms with Crippen LogP contribution in [0.4, 0.5) is 4.39 Å². The van der Waals surface area contributed by atoms with Crippen LogP contribution >= 0.6 is 0 Å². The molecular weight excluding hydrogens is 259 g/mol. The van der Waals surface area contributed by atoms with Crippen molar-refractivity contribution in [3.8, 4) is 16.9 Å². The predicted octanol–water partition coefficient (Wildman–Crippen LogP) is 3.43. The van der Waals surface area contributed by atoms with Crippen LogP contribution in [-0.4, -0.2) is 19.2 Å². The van der Waals surface area contributed by atoms with Gasteiger partial charge in [0.25, 0.3) is 0 Å². The van der Waals surface area contributed by atoms with Crippen LogP contribution in [0.25, 0.3) is 11.1 Å². The molecule has 0 aromatic heterocycles. The normalized spacial score (nSPS) is 11.8. The van der Waals surface area contributed by atoms with Crippen LogP contribution in [-0.2, 0) is 9.53 Å². The molecule has 0 N–H and O–H groups in total. The summed E-state index contributed by atoms with van der Waals surface area (Å²) < 4.78 is 23.9. The molecule has 1 unspecified atom stereocenters. The van der Waals surface area contributed by atoms with Gasteiger partial charge in [0.2, 0.25) is 0 Å². The summed E-state index contributed by atoms with van der Waals surface area (Å²) in [4.78, 5) is 11.2. The number of hydrogen-bond acceptors (Lipinski definition) is 3. The zero-order valence-electron chi connectivity index (χ0n) is 11.3. The second kappa shape index (κ2) is 6.19. The van der Waals surface area contributed by atoms with Crippen LogP contribution in [0.2, 0.25) is 0 Å². The van der Waals surface area contributed by atoms with Gasteiger partial charge in [0.05, 0.1) is 7.11 Å². The number of carbonyl (C=O) groups excluding carboxylic acids is 1. The van der Waals surface area contributed by atoms with Gasteiger partial charge in [0.1, 0.15) is 11.6 Å². The number of benzene rings is 2. The van der Waals surface area contributed by atoms with Crippen LogP contribution in [0.1, 0.15) is 6.92 Å². The Bertz CT molecular complexity index is 596. The van der Waals surface area contributed by atoms with E-state index >= 15 is 0 Å². The molecule has 0 fully saturated rings. The van der Waals surface area contributed by atoms with Crippen LogP contribution in [0.15, 0.2) is 48.5 Å². The maximum absolute atomic E-state index is 14.1. The van der Waals surface area contributed by atoms with Gasteiger partial charge in [-0.15, -0.1) is 0 Å². The van der Waals surface area contributed by atoms with Crippen molar-refractivity contribution in [1.82, 2.24) is 0 Å². The Kier molecular flexibility index (Phi) is 4.35. The number of ether oxygens (including phenoxy) is 2. The third-order valence-electron chi connectivity index (χ3n) is 2.87. The van der Waals surface area contributed by atoms with E-state index in [1.807, 2.05) is 30.3 Å². The number of methoxy groups -OCH3 is 1. The first-order chi connectivity index (χ1) is 9.61. The van der Waals surface area contributed by atoms with Crippen LogP contribution < -0.4 is 4.74 Å². The van der Waals surface area contributed by atoms with Crippen LogP contribution in [0.3, 0.4) is 0 Å². The van der Waals surface area contributed by atoms with E-state index < -0.39 is 17.9 Å². The predicted molar refractivity (Wildman–Crippen MR) is 73.9 cm³/mol. The molecule has 2 aromatic carbocycles. The van der Waals surface area contributed by atoms with Gasteiger partial charge in [-0.3, -0.25) is 0 Å². The molecule has 2 rings (SSSR count). The largest absolute Gasteiger partial charge is 0.479 e. The van der Waals surface area contributed by atoms with Gasteiger partial charge in [0, 0.05) is 11.6 Å². The molecule has 0 amide bonds. The summed E-state index contributed by atoms with van der Waals surface area (Å²) in [7, 11) is 1.28. The number of hydrogen-bond donors (Lipinski definition) is 0. The summed E-state index contributed by atoms with van der Waals surface area (Å²) in [5.41, 5.74) is 1.28. The van der Waals surface area contributed by atoms with E-state index in [0.29, 0.717) is 11.3 Å². The summed E-state index contributed by atoms with van der Waals surface area (Å²) in [5.74, 6) is -0.608. The van der Waals surface area contributed by atoms with Crippen molar-refractivity contribution in [2.75, 3.05) is 7.11 Å². The minimum atomic E-state index is -0.776. The second-order valence-corrected chi connectivity index (χ2v) is 4.29. The summed E-state index contributed by atoms with van der Waals surface area (Å²) in [6.45, 7) is 1.55. The topological polar surface area (TPSA) is 35.5 Å². The van der Waals surface area contributed by atoms with Crippen LogP contribution in [0, 0.1) is 5.82 Å². The molecule has 0 aliphatic heterocycles. The molecule has 0 bridgehead atoms. The van der Waals surface area contributed by atoms with Gasteiger partial charge < -0.3 is 9.47 Å². The van der Waals surface area contributed by atoms with Crippen molar-refractivity contribution in [1.29, 1.82) is 0 Å². The van der Waals surface area contributed by atoms with Gasteiger partial charge in [-0.05, 0) is 24.6 Å². The summed E-state index contributed by atoms with van der Waals surface area (Å²) in [6.07, 6.45) is -0.776. The van der Waals surface area contributed by atoms with E-state index in [0.717, 1.165) is 5.56 Å². The molecule has 0 aliphatic rings. The third-order valence-corrected chi connectivity index (χ3v) is 2.87. The Balaban J connectivity index is 2.20. The molecule has 1 atom stereocenters. The molecule has 104 valence electrons. The minimum Gasteiger partial charge on any atom is -0.479 e. The molecule has 20 heavy (non-hydrogen) atoms. The van der Waals surface area contributed by atoms with E-state index in [9.17, 15) is 9.18 Å². The highest BCUT2D eigenvalue weighted by Gasteiger charge is 2.15. The fourth-order valence-corrected chi connectivity index (χ4v) is 1.84. The number of halogens is 1. The number of esters is 1. The van der Waals surface area contributed by atoms with E-state index in [-0.39, 0.29) is 0 Å². The molecule has 4 heteroatoms. The average molecular weight is 274 g/mol. The van der Waals surface area contributed by atoms with Crippen molar-refractivity contribution in [3.63, 3.8) is 0 Å². The first kappa shape index (κ1) is 14.1. The number of carbonyl (C=O) groups is 1. The lowest BCUT2D eigenvalue weighted by Gasteiger charge is -2.13. The molecule has 0 aliphatic carbocycles. The molecule has 0 spiro atoms. The maximum Gasteiger partial charge on any atom is 0.346 e. The van der Waals surface area contributed by atoms with Crippen molar-refractivity contribution in [2.24, 2.45) is 0 Å². The molecule has 0 saturated heterocycles. The average Bonchev–Trinajstić information content (AvgIpc) is 2.47. The van der Waals surface area contributed by atoms with Gasteiger partial charge in [-0.2, -0.15) is 0 Å². The smallest absolute Gasteiger partial charge is 0.346 e. The van der Waals surface area contributed by atoms with E-state index in [1.165, 1.54) is 13.2 Å². The number of rotatable bonds is 4. The zero-order chi connectivity index (χ0) is 14.5. The summed E-state index contributed by atoms with van der Waals surface area (Å²) in [6, 6.07) is 13.7. The SMILES string of the molecule is COC(=O)C(C)Oc1ccc(-c2ccccc2)c(F)c1.